The van der Waals surface area contributed by atoms with Gasteiger partial charge in [0.05, 0.1) is 5.56 Å². The molecule has 0 amide bonds. The second-order valence-corrected chi connectivity index (χ2v) is 8.56. The molecule has 0 aromatic heterocycles. The smallest absolute Gasteiger partial charge is 0.385 e. The maximum Gasteiger partial charge on any atom is 0.416 e. The van der Waals surface area contributed by atoms with Crippen LogP contribution in [0.4, 0.5) is 18.9 Å². The van der Waals surface area contributed by atoms with Crippen molar-refractivity contribution < 1.29 is 13.2 Å². The first kappa shape index (κ1) is 20.6. The third-order valence-electron chi connectivity index (χ3n) is 4.43. The number of halogens is 4. The molecule has 2 aromatic rings. The Morgan fingerprint density at radius 3 is 2.63 bits per heavy atom. The van der Waals surface area contributed by atoms with Gasteiger partial charge in [0.25, 0.3) is 0 Å². The van der Waals surface area contributed by atoms with Crippen molar-refractivity contribution in [2.45, 2.75) is 42.2 Å². The van der Waals surface area contributed by atoms with Crippen LogP contribution < -0.4 is 10.6 Å². The van der Waals surface area contributed by atoms with Crippen molar-refractivity contribution in [1.29, 1.82) is 0 Å². The predicted molar refractivity (Wildman–Crippen MR) is 109 cm³/mol. The van der Waals surface area contributed by atoms with Crippen molar-refractivity contribution in [1.82, 2.24) is 5.32 Å². The molecule has 2 nitrogen and oxygen atoms in total. The van der Waals surface area contributed by atoms with Gasteiger partial charge in [-0.3, -0.25) is 0 Å². The second kappa shape index (κ2) is 8.88. The molecule has 0 unspecified atom stereocenters. The fourth-order valence-corrected chi connectivity index (χ4v) is 4.75. The quantitative estimate of drug-likeness (QED) is 0.404. The molecule has 3 rings (SSSR count). The zero-order valence-electron chi connectivity index (χ0n) is 15.0. The predicted octanol–water partition coefficient (Wildman–Crippen LogP) is 6.32. The molecule has 0 spiro atoms. The number of anilines is 1. The Hall–Kier alpha value is -1.18. The summed E-state index contributed by atoms with van der Waals surface area (Å²) in [4.78, 5) is 1.69. The first-order valence-corrected chi connectivity index (χ1v) is 10.6. The van der Waals surface area contributed by atoms with E-state index in [1.54, 1.807) is 0 Å². The van der Waals surface area contributed by atoms with Gasteiger partial charge in [-0.05, 0) is 61.3 Å². The molecule has 0 saturated heterocycles. The van der Waals surface area contributed by atoms with Crippen molar-refractivity contribution in [3.05, 3.63) is 51.5 Å². The number of fused-ring (bicyclic) bond motifs is 2. The number of hydrogen-bond acceptors (Lipinski definition) is 3. The van der Waals surface area contributed by atoms with Crippen LogP contribution in [0, 0.1) is 0 Å². The molecule has 0 bridgehead atoms. The molecule has 2 aromatic carbocycles. The summed E-state index contributed by atoms with van der Waals surface area (Å²) in [6, 6.07) is 8.50. The average Bonchev–Trinajstić information content (AvgIpc) is 2.61. The Bertz CT molecular complexity index is 809. The Morgan fingerprint density at radius 2 is 1.89 bits per heavy atom. The minimum absolute atomic E-state index is 0.594. The van der Waals surface area contributed by atoms with Gasteiger partial charge in [-0.15, -0.1) is 0 Å². The van der Waals surface area contributed by atoms with Gasteiger partial charge in [-0.2, -0.15) is 13.2 Å². The lowest BCUT2D eigenvalue weighted by atomic mass is 10.00. The Morgan fingerprint density at radius 1 is 1.07 bits per heavy atom. The standard InChI is InChI=1S/C20H22BrF3N2S/c1-2-6-25-7-3-8-26-17-10-14(20(22,23)24)11-19-16(17)9-13-4-5-15(21)12-18(13)27-19/h4-5,10-12,25-26H,2-3,6-9H2,1H3. The average molecular weight is 459 g/mol. The molecule has 27 heavy (non-hydrogen) atoms. The Labute approximate surface area is 170 Å². The number of benzene rings is 2. The largest absolute Gasteiger partial charge is 0.416 e. The summed E-state index contributed by atoms with van der Waals surface area (Å²) in [5.74, 6) is 0. The highest BCUT2D eigenvalue weighted by Gasteiger charge is 2.33. The van der Waals surface area contributed by atoms with E-state index in [1.165, 1.54) is 23.9 Å². The maximum atomic E-state index is 13.4. The van der Waals surface area contributed by atoms with Gasteiger partial charge in [0.1, 0.15) is 0 Å². The SMILES string of the molecule is CCCNCCCNc1cc(C(F)(F)F)cc2c1Cc1ccc(Br)cc1S2. The first-order chi connectivity index (χ1) is 12.9. The summed E-state index contributed by atoms with van der Waals surface area (Å²) in [6.45, 7) is 4.56. The Balaban J connectivity index is 1.83. The van der Waals surface area contributed by atoms with Crippen LogP contribution in [-0.2, 0) is 12.6 Å². The summed E-state index contributed by atoms with van der Waals surface area (Å²) < 4.78 is 41.0. The van der Waals surface area contributed by atoms with Gasteiger partial charge in [0, 0.05) is 32.9 Å². The molecule has 7 heteroatoms. The summed E-state index contributed by atoms with van der Waals surface area (Å²) >= 11 is 4.85. The summed E-state index contributed by atoms with van der Waals surface area (Å²) in [7, 11) is 0. The number of nitrogens with one attached hydrogen (secondary N) is 2. The molecule has 1 aliphatic rings. The van der Waals surface area contributed by atoms with E-state index in [2.05, 4.69) is 33.5 Å². The van der Waals surface area contributed by atoms with Gasteiger partial charge >= 0.3 is 6.18 Å². The molecule has 1 heterocycles. The van der Waals surface area contributed by atoms with Crippen LogP contribution in [0.5, 0.6) is 0 Å². The van der Waals surface area contributed by atoms with E-state index in [4.69, 9.17) is 0 Å². The zero-order valence-corrected chi connectivity index (χ0v) is 17.5. The van der Waals surface area contributed by atoms with E-state index in [1.807, 2.05) is 18.2 Å². The fraction of sp³-hybridized carbons (Fsp3) is 0.400. The van der Waals surface area contributed by atoms with E-state index in [0.29, 0.717) is 23.5 Å². The monoisotopic (exact) mass is 458 g/mol. The topological polar surface area (TPSA) is 24.1 Å². The van der Waals surface area contributed by atoms with Crippen molar-refractivity contribution in [3.63, 3.8) is 0 Å². The molecule has 0 saturated carbocycles. The number of alkyl halides is 3. The maximum absolute atomic E-state index is 13.4. The molecule has 0 aliphatic carbocycles. The Kier molecular flexibility index (Phi) is 6.76. The summed E-state index contributed by atoms with van der Waals surface area (Å²) in [5.41, 5.74) is 2.09. The van der Waals surface area contributed by atoms with Crippen LogP contribution in [0.25, 0.3) is 0 Å². The van der Waals surface area contributed by atoms with Gasteiger partial charge < -0.3 is 10.6 Å². The summed E-state index contributed by atoms with van der Waals surface area (Å²) in [6.07, 6.45) is -1.78. The third-order valence-corrected chi connectivity index (χ3v) is 6.10. The first-order valence-electron chi connectivity index (χ1n) is 9.03. The highest BCUT2D eigenvalue weighted by Crippen LogP contribution is 2.46. The highest BCUT2D eigenvalue weighted by atomic mass is 79.9. The second-order valence-electron chi connectivity index (χ2n) is 6.56. The van der Waals surface area contributed by atoms with Gasteiger partial charge in [-0.25, -0.2) is 0 Å². The lowest BCUT2D eigenvalue weighted by Gasteiger charge is -2.24. The molecular formula is C20H22BrF3N2S. The van der Waals surface area contributed by atoms with E-state index < -0.39 is 11.7 Å². The van der Waals surface area contributed by atoms with Crippen LogP contribution in [0.1, 0.15) is 36.5 Å². The van der Waals surface area contributed by atoms with Crippen LogP contribution in [0.15, 0.2) is 44.6 Å². The van der Waals surface area contributed by atoms with Gasteiger partial charge in [0.2, 0.25) is 0 Å². The van der Waals surface area contributed by atoms with E-state index in [9.17, 15) is 13.2 Å². The third kappa shape index (κ3) is 5.21. The van der Waals surface area contributed by atoms with E-state index in [0.717, 1.165) is 46.4 Å². The van der Waals surface area contributed by atoms with E-state index >= 15 is 0 Å². The van der Waals surface area contributed by atoms with Crippen molar-refractivity contribution in [3.8, 4) is 0 Å². The van der Waals surface area contributed by atoms with Crippen LogP contribution in [0.2, 0.25) is 0 Å². The minimum atomic E-state index is -4.35. The summed E-state index contributed by atoms with van der Waals surface area (Å²) in [5, 5.41) is 6.55. The van der Waals surface area contributed by atoms with Crippen molar-refractivity contribution in [2.24, 2.45) is 0 Å². The molecule has 2 N–H and O–H groups in total. The normalized spacial score (nSPS) is 13.2. The lowest BCUT2D eigenvalue weighted by molar-refractivity contribution is -0.137. The lowest BCUT2D eigenvalue weighted by Crippen LogP contribution is -2.19. The van der Waals surface area contributed by atoms with Gasteiger partial charge in [-0.1, -0.05) is 40.7 Å². The van der Waals surface area contributed by atoms with E-state index in [-0.39, 0.29) is 0 Å². The highest BCUT2D eigenvalue weighted by molar-refractivity contribution is 9.10. The molecule has 146 valence electrons. The van der Waals surface area contributed by atoms with Crippen LogP contribution in [0.3, 0.4) is 0 Å². The van der Waals surface area contributed by atoms with Crippen LogP contribution >= 0.6 is 27.7 Å². The number of hydrogen-bond donors (Lipinski definition) is 2. The minimum Gasteiger partial charge on any atom is -0.385 e. The molecule has 0 atom stereocenters. The van der Waals surface area contributed by atoms with Crippen molar-refractivity contribution >= 4 is 33.4 Å². The molecular weight excluding hydrogens is 437 g/mol. The number of rotatable bonds is 7. The van der Waals surface area contributed by atoms with Gasteiger partial charge in [0.15, 0.2) is 0 Å². The van der Waals surface area contributed by atoms with Crippen molar-refractivity contribution in [2.75, 3.05) is 25.0 Å². The molecule has 0 fully saturated rings. The molecule has 1 aliphatic heterocycles. The molecule has 0 radical (unpaired) electrons. The fourth-order valence-electron chi connectivity index (χ4n) is 3.06. The zero-order chi connectivity index (χ0) is 19.4. The van der Waals surface area contributed by atoms with Crippen LogP contribution in [-0.4, -0.2) is 19.6 Å².